The molecule has 1 aromatic carbocycles. The minimum Gasteiger partial charge on any atom is -0.395 e. The van der Waals surface area contributed by atoms with Crippen LogP contribution in [-0.4, -0.2) is 24.5 Å². The van der Waals surface area contributed by atoms with Gasteiger partial charge in [-0.2, -0.15) is 0 Å². The number of rotatable bonds is 5. The van der Waals surface area contributed by atoms with E-state index in [1.54, 1.807) is 17.0 Å². The SMILES string of the molecule is Cn1ccnc1CCNS(=O)(=O)c1cccc(F)c1N. The summed E-state index contributed by atoms with van der Waals surface area (Å²) in [5, 5.41) is 0. The summed E-state index contributed by atoms with van der Waals surface area (Å²) in [6.07, 6.45) is 3.83. The first-order valence-corrected chi connectivity index (χ1v) is 7.40. The minimum atomic E-state index is -3.83. The summed E-state index contributed by atoms with van der Waals surface area (Å²) in [6, 6.07) is 3.68. The lowest BCUT2D eigenvalue weighted by atomic mass is 10.3. The first-order valence-electron chi connectivity index (χ1n) is 5.91. The third-order valence-electron chi connectivity index (χ3n) is 2.86. The van der Waals surface area contributed by atoms with Gasteiger partial charge in [-0.25, -0.2) is 22.5 Å². The first kappa shape index (κ1) is 14.5. The second-order valence-corrected chi connectivity index (χ2v) is 5.99. The van der Waals surface area contributed by atoms with Gasteiger partial charge in [0.15, 0.2) is 0 Å². The Hall–Kier alpha value is -1.93. The lowest BCUT2D eigenvalue weighted by Crippen LogP contribution is -2.27. The van der Waals surface area contributed by atoms with E-state index in [0.29, 0.717) is 6.42 Å². The molecule has 0 atom stereocenters. The van der Waals surface area contributed by atoms with Crippen molar-refractivity contribution in [2.75, 3.05) is 12.3 Å². The van der Waals surface area contributed by atoms with Crippen molar-refractivity contribution in [2.45, 2.75) is 11.3 Å². The largest absolute Gasteiger partial charge is 0.395 e. The molecule has 0 bridgehead atoms. The monoisotopic (exact) mass is 298 g/mol. The Morgan fingerprint density at radius 1 is 1.45 bits per heavy atom. The van der Waals surface area contributed by atoms with E-state index in [0.717, 1.165) is 11.9 Å². The molecule has 108 valence electrons. The zero-order valence-electron chi connectivity index (χ0n) is 10.9. The molecule has 0 unspecified atom stereocenters. The molecular weight excluding hydrogens is 283 g/mol. The highest BCUT2D eigenvalue weighted by molar-refractivity contribution is 7.89. The fourth-order valence-electron chi connectivity index (χ4n) is 1.76. The number of hydrogen-bond acceptors (Lipinski definition) is 4. The molecule has 0 aliphatic carbocycles. The van der Waals surface area contributed by atoms with Crippen molar-refractivity contribution < 1.29 is 12.8 Å². The zero-order chi connectivity index (χ0) is 14.8. The molecule has 0 saturated carbocycles. The van der Waals surface area contributed by atoms with Gasteiger partial charge in [-0.05, 0) is 12.1 Å². The summed E-state index contributed by atoms with van der Waals surface area (Å²) in [6.45, 7) is 0.156. The van der Waals surface area contributed by atoms with Gasteiger partial charge in [0, 0.05) is 32.4 Å². The molecule has 0 aliphatic heterocycles. The lowest BCUT2D eigenvalue weighted by molar-refractivity contribution is 0.577. The van der Waals surface area contributed by atoms with Gasteiger partial charge in [-0.1, -0.05) is 6.07 Å². The van der Waals surface area contributed by atoms with E-state index in [9.17, 15) is 12.8 Å². The molecule has 6 nitrogen and oxygen atoms in total. The van der Waals surface area contributed by atoms with Crippen LogP contribution in [0.5, 0.6) is 0 Å². The highest BCUT2D eigenvalue weighted by Gasteiger charge is 2.19. The fraction of sp³-hybridized carbons (Fsp3) is 0.250. The quantitative estimate of drug-likeness (QED) is 0.794. The number of sulfonamides is 1. The molecule has 0 aliphatic rings. The average molecular weight is 298 g/mol. The number of halogens is 1. The van der Waals surface area contributed by atoms with Crippen molar-refractivity contribution in [2.24, 2.45) is 7.05 Å². The van der Waals surface area contributed by atoms with E-state index in [1.165, 1.54) is 12.1 Å². The van der Waals surface area contributed by atoms with Crippen LogP contribution in [-0.2, 0) is 23.5 Å². The maximum atomic E-state index is 13.3. The molecule has 1 heterocycles. The first-order chi connectivity index (χ1) is 9.42. The number of hydrogen-bond donors (Lipinski definition) is 2. The maximum absolute atomic E-state index is 13.3. The molecular formula is C12H15FN4O2S. The number of aromatic nitrogens is 2. The van der Waals surface area contributed by atoms with Crippen LogP contribution in [0.15, 0.2) is 35.5 Å². The standard InChI is InChI=1S/C12H15FN4O2S/c1-17-8-7-15-11(17)5-6-16-20(18,19)10-4-2-3-9(13)12(10)14/h2-4,7-8,16H,5-6,14H2,1H3. The number of nitrogens with two attached hydrogens (primary N) is 1. The Labute approximate surface area is 116 Å². The van der Waals surface area contributed by atoms with Crippen LogP contribution in [0, 0.1) is 5.82 Å². The van der Waals surface area contributed by atoms with Crippen LogP contribution in [0.2, 0.25) is 0 Å². The van der Waals surface area contributed by atoms with Crippen molar-refractivity contribution in [1.29, 1.82) is 0 Å². The van der Waals surface area contributed by atoms with Crippen LogP contribution < -0.4 is 10.5 Å². The number of nitrogens with one attached hydrogen (secondary N) is 1. The van der Waals surface area contributed by atoms with E-state index < -0.39 is 15.8 Å². The molecule has 0 fully saturated rings. The zero-order valence-corrected chi connectivity index (χ0v) is 11.7. The smallest absolute Gasteiger partial charge is 0.242 e. The third-order valence-corrected chi connectivity index (χ3v) is 4.38. The number of anilines is 1. The van der Waals surface area contributed by atoms with E-state index in [2.05, 4.69) is 9.71 Å². The Morgan fingerprint density at radius 2 is 2.20 bits per heavy atom. The second kappa shape index (κ2) is 5.59. The number of imidazole rings is 1. The second-order valence-electron chi connectivity index (χ2n) is 4.25. The van der Waals surface area contributed by atoms with Crippen LogP contribution in [0.4, 0.5) is 10.1 Å². The third kappa shape index (κ3) is 2.97. The molecule has 0 spiro atoms. The summed E-state index contributed by atoms with van der Waals surface area (Å²) in [5.74, 6) is -0.00288. The Kier molecular flexibility index (Phi) is 4.05. The van der Waals surface area contributed by atoms with Crippen molar-refractivity contribution in [1.82, 2.24) is 14.3 Å². The van der Waals surface area contributed by atoms with Crippen LogP contribution in [0.1, 0.15) is 5.82 Å². The fourth-order valence-corrected chi connectivity index (χ4v) is 2.93. The topological polar surface area (TPSA) is 90.0 Å². The van der Waals surface area contributed by atoms with E-state index >= 15 is 0 Å². The highest BCUT2D eigenvalue weighted by Crippen LogP contribution is 2.20. The van der Waals surface area contributed by atoms with Crippen molar-refractivity contribution >= 4 is 15.7 Å². The maximum Gasteiger partial charge on any atom is 0.242 e. The van der Waals surface area contributed by atoms with Gasteiger partial charge in [-0.15, -0.1) is 0 Å². The van der Waals surface area contributed by atoms with Gasteiger partial charge in [0.05, 0.1) is 5.69 Å². The number of benzene rings is 1. The van der Waals surface area contributed by atoms with E-state index in [-0.39, 0.29) is 17.1 Å². The predicted molar refractivity (Wildman–Crippen MR) is 72.9 cm³/mol. The van der Waals surface area contributed by atoms with Gasteiger partial charge in [0.2, 0.25) is 10.0 Å². The molecule has 1 aromatic heterocycles. The van der Waals surface area contributed by atoms with Crippen LogP contribution in [0.3, 0.4) is 0 Å². The van der Waals surface area contributed by atoms with Gasteiger partial charge in [0.25, 0.3) is 0 Å². The van der Waals surface area contributed by atoms with Gasteiger partial charge >= 0.3 is 0 Å². The number of nitrogens with zero attached hydrogens (tertiary/aromatic N) is 2. The molecule has 2 aromatic rings. The minimum absolute atomic E-state index is 0.156. The molecule has 2 rings (SSSR count). The van der Waals surface area contributed by atoms with Crippen molar-refractivity contribution in [3.63, 3.8) is 0 Å². The van der Waals surface area contributed by atoms with E-state index in [1.807, 2.05) is 7.05 Å². The van der Waals surface area contributed by atoms with Crippen molar-refractivity contribution in [3.05, 3.63) is 42.2 Å². The summed E-state index contributed by atoms with van der Waals surface area (Å²) < 4.78 is 41.5. The van der Waals surface area contributed by atoms with Gasteiger partial charge < -0.3 is 10.3 Å². The summed E-state index contributed by atoms with van der Waals surface area (Å²) in [5.41, 5.74) is 5.07. The lowest BCUT2D eigenvalue weighted by Gasteiger charge is -2.09. The highest BCUT2D eigenvalue weighted by atomic mass is 32.2. The van der Waals surface area contributed by atoms with Crippen LogP contribution >= 0.6 is 0 Å². The molecule has 3 N–H and O–H groups in total. The molecule has 20 heavy (non-hydrogen) atoms. The molecule has 0 amide bonds. The Balaban J connectivity index is 2.08. The predicted octanol–water partition coefficient (Wildman–Crippen LogP) is 0.662. The number of para-hydroxylation sites is 1. The Morgan fingerprint density at radius 3 is 2.85 bits per heavy atom. The molecule has 0 saturated heterocycles. The number of aryl methyl sites for hydroxylation is 1. The molecule has 0 radical (unpaired) electrons. The van der Waals surface area contributed by atoms with Crippen molar-refractivity contribution in [3.8, 4) is 0 Å². The molecule has 8 heteroatoms. The van der Waals surface area contributed by atoms with Gasteiger partial charge in [-0.3, -0.25) is 0 Å². The van der Waals surface area contributed by atoms with Crippen LogP contribution in [0.25, 0.3) is 0 Å². The van der Waals surface area contributed by atoms with E-state index in [4.69, 9.17) is 5.73 Å². The van der Waals surface area contributed by atoms with Gasteiger partial charge in [0.1, 0.15) is 16.5 Å². The Bertz CT molecular complexity index is 712. The summed E-state index contributed by atoms with van der Waals surface area (Å²) >= 11 is 0. The summed E-state index contributed by atoms with van der Waals surface area (Å²) in [7, 11) is -2.01. The summed E-state index contributed by atoms with van der Waals surface area (Å²) in [4.78, 5) is 3.83. The average Bonchev–Trinajstić information content (AvgIpc) is 2.78. The normalized spacial score (nSPS) is 11.7. The number of nitrogen functional groups attached to an aromatic ring is 1.